The second kappa shape index (κ2) is 5.50. The fraction of sp³-hybridized carbons (Fsp3) is 1.00. The van der Waals surface area contributed by atoms with Gasteiger partial charge >= 0.3 is 0 Å². The maximum Gasteiger partial charge on any atom is 0.0996 e. The summed E-state index contributed by atoms with van der Waals surface area (Å²) < 4.78 is 6.27. The highest BCUT2D eigenvalue weighted by molar-refractivity contribution is 4.92. The van der Waals surface area contributed by atoms with E-state index in [0.717, 1.165) is 30.5 Å². The largest absolute Gasteiger partial charge is 0.363 e. The number of hydrogen-bond acceptors (Lipinski definition) is 2. The Bertz CT molecular complexity index is 280. The molecule has 3 rings (SSSR count). The van der Waals surface area contributed by atoms with E-state index >= 15 is 0 Å². The molecule has 3 fully saturated rings. The lowest BCUT2D eigenvalue weighted by Gasteiger charge is -2.42. The summed E-state index contributed by atoms with van der Waals surface area (Å²) in [6, 6.07) is 0.806. The van der Waals surface area contributed by atoms with Gasteiger partial charge in [0.2, 0.25) is 0 Å². The molecule has 104 valence electrons. The molecule has 0 aromatic rings. The average molecular weight is 251 g/mol. The van der Waals surface area contributed by atoms with Crippen molar-refractivity contribution in [3.05, 3.63) is 0 Å². The molecular formula is C16H29NO. The zero-order valence-electron chi connectivity index (χ0n) is 12.1. The SMILES string of the molecule is CC[C@H]1CC[C@H]2[C@H](C)[C@H]3CCCC[C@@H]3OCN2C1. The predicted molar refractivity (Wildman–Crippen MR) is 74.4 cm³/mol. The van der Waals surface area contributed by atoms with Gasteiger partial charge in [-0.05, 0) is 43.4 Å². The molecule has 1 saturated carbocycles. The standard InChI is InChI=1S/C16H29NO/c1-3-13-8-9-15-12(2)14-6-4-5-7-16(14)18-11-17(15)10-13/h12-16H,3-11H2,1-2H3/t12-,13+,14-,15+,16+/m1/s1. The number of rotatable bonds is 1. The second-order valence-corrected chi connectivity index (χ2v) is 6.83. The Morgan fingerprint density at radius 1 is 1.11 bits per heavy atom. The van der Waals surface area contributed by atoms with Gasteiger partial charge in [-0.3, -0.25) is 4.90 Å². The predicted octanol–water partition coefficient (Wildman–Crippen LogP) is 3.66. The van der Waals surface area contributed by atoms with Crippen molar-refractivity contribution < 1.29 is 4.74 Å². The van der Waals surface area contributed by atoms with Gasteiger partial charge in [-0.15, -0.1) is 0 Å². The molecule has 2 aliphatic heterocycles. The fourth-order valence-electron chi connectivity index (χ4n) is 4.64. The van der Waals surface area contributed by atoms with Crippen LogP contribution in [0, 0.1) is 17.8 Å². The van der Waals surface area contributed by atoms with Gasteiger partial charge in [0.25, 0.3) is 0 Å². The molecule has 0 aromatic carbocycles. The summed E-state index contributed by atoms with van der Waals surface area (Å²) in [6.07, 6.45) is 10.3. The first kappa shape index (κ1) is 12.9. The number of ether oxygens (including phenoxy) is 1. The Morgan fingerprint density at radius 3 is 2.78 bits per heavy atom. The molecule has 0 radical (unpaired) electrons. The van der Waals surface area contributed by atoms with Crippen LogP contribution in [0.15, 0.2) is 0 Å². The Balaban J connectivity index is 1.73. The molecule has 0 aromatic heterocycles. The average Bonchev–Trinajstić information content (AvgIpc) is 2.57. The summed E-state index contributed by atoms with van der Waals surface area (Å²) in [7, 11) is 0. The van der Waals surface area contributed by atoms with Crippen LogP contribution < -0.4 is 0 Å². The van der Waals surface area contributed by atoms with Crippen LogP contribution in [-0.4, -0.2) is 30.3 Å². The van der Waals surface area contributed by atoms with Gasteiger partial charge in [-0.2, -0.15) is 0 Å². The van der Waals surface area contributed by atoms with Gasteiger partial charge in [0.15, 0.2) is 0 Å². The van der Waals surface area contributed by atoms with Crippen molar-refractivity contribution >= 4 is 0 Å². The van der Waals surface area contributed by atoms with Crippen molar-refractivity contribution in [1.82, 2.24) is 4.90 Å². The van der Waals surface area contributed by atoms with Crippen molar-refractivity contribution in [3.63, 3.8) is 0 Å². The number of hydrogen-bond donors (Lipinski definition) is 0. The molecule has 0 amide bonds. The minimum atomic E-state index is 0.569. The van der Waals surface area contributed by atoms with E-state index in [1.165, 1.54) is 51.5 Å². The minimum Gasteiger partial charge on any atom is -0.363 e. The highest BCUT2D eigenvalue weighted by atomic mass is 16.5. The van der Waals surface area contributed by atoms with Gasteiger partial charge in [0, 0.05) is 12.6 Å². The third kappa shape index (κ3) is 2.34. The van der Waals surface area contributed by atoms with Gasteiger partial charge in [-0.1, -0.05) is 33.1 Å². The third-order valence-corrected chi connectivity index (χ3v) is 5.90. The van der Waals surface area contributed by atoms with E-state index in [1.54, 1.807) is 0 Å². The molecular weight excluding hydrogens is 222 g/mol. The van der Waals surface area contributed by atoms with Crippen molar-refractivity contribution in [3.8, 4) is 0 Å². The van der Waals surface area contributed by atoms with Crippen LogP contribution in [0.1, 0.15) is 58.8 Å². The quantitative estimate of drug-likeness (QED) is 0.705. The lowest BCUT2D eigenvalue weighted by atomic mass is 9.73. The van der Waals surface area contributed by atoms with Crippen molar-refractivity contribution in [2.75, 3.05) is 13.3 Å². The van der Waals surface area contributed by atoms with Crippen LogP contribution in [-0.2, 0) is 4.74 Å². The summed E-state index contributed by atoms with van der Waals surface area (Å²) in [6.45, 7) is 7.03. The first-order valence-electron chi connectivity index (χ1n) is 8.15. The van der Waals surface area contributed by atoms with E-state index in [0.29, 0.717) is 6.10 Å². The van der Waals surface area contributed by atoms with Crippen LogP contribution >= 0.6 is 0 Å². The third-order valence-electron chi connectivity index (χ3n) is 5.90. The highest BCUT2D eigenvalue weighted by Gasteiger charge is 2.41. The van der Waals surface area contributed by atoms with Crippen LogP contribution in [0.2, 0.25) is 0 Å². The highest BCUT2D eigenvalue weighted by Crippen LogP contribution is 2.41. The van der Waals surface area contributed by atoms with E-state index in [1.807, 2.05) is 0 Å². The molecule has 2 heteroatoms. The minimum absolute atomic E-state index is 0.569. The van der Waals surface area contributed by atoms with E-state index in [9.17, 15) is 0 Å². The Labute approximate surface area is 112 Å². The Kier molecular flexibility index (Phi) is 3.95. The van der Waals surface area contributed by atoms with Gasteiger partial charge in [0.1, 0.15) is 0 Å². The summed E-state index contributed by atoms with van der Waals surface area (Å²) in [4.78, 5) is 2.67. The monoisotopic (exact) mass is 251 g/mol. The van der Waals surface area contributed by atoms with Gasteiger partial charge in [-0.25, -0.2) is 0 Å². The molecule has 0 N–H and O–H groups in total. The first-order valence-corrected chi connectivity index (χ1v) is 8.15. The number of piperidine rings is 1. The first-order chi connectivity index (χ1) is 8.79. The normalized spacial score (nSPS) is 46.0. The van der Waals surface area contributed by atoms with Gasteiger partial charge < -0.3 is 4.74 Å². The Hall–Kier alpha value is -0.0800. The molecule has 3 aliphatic rings. The van der Waals surface area contributed by atoms with Crippen molar-refractivity contribution in [2.24, 2.45) is 17.8 Å². The van der Waals surface area contributed by atoms with Crippen molar-refractivity contribution in [2.45, 2.75) is 70.9 Å². The smallest absolute Gasteiger partial charge is 0.0996 e. The second-order valence-electron chi connectivity index (χ2n) is 6.83. The lowest BCUT2D eigenvalue weighted by molar-refractivity contribution is -0.0526. The van der Waals surface area contributed by atoms with Crippen LogP contribution in [0.3, 0.4) is 0 Å². The summed E-state index contributed by atoms with van der Waals surface area (Å²) >= 11 is 0. The maximum absolute atomic E-state index is 6.27. The summed E-state index contributed by atoms with van der Waals surface area (Å²) in [5, 5.41) is 0. The summed E-state index contributed by atoms with van der Waals surface area (Å²) in [5.41, 5.74) is 0. The molecule has 0 spiro atoms. The number of nitrogens with zero attached hydrogens (tertiary/aromatic N) is 1. The molecule has 2 nitrogen and oxygen atoms in total. The van der Waals surface area contributed by atoms with Gasteiger partial charge in [0.05, 0.1) is 12.8 Å². The molecule has 2 saturated heterocycles. The van der Waals surface area contributed by atoms with E-state index < -0.39 is 0 Å². The van der Waals surface area contributed by atoms with Crippen molar-refractivity contribution in [1.29, 1.82) is 0 Å². The van der Waals surface area contributed by atoms with E-state index in [4.69, 9.17) is 4.74 Å². The van der Waals surface area contributed by atoms with Crippen LogP contribution in [0.25, 0.3) is 0 Å². The van der Waals surface area contributed by atoms with Crippen LogP contribution in [0.5, 0.6) is 0 Å². The topological polar surface area (TPSA) is 12.5 Å². The zero-order valence-corrected chi connectivity index (χ0v) is 12.1. The molecule has 5 atom stereocenters. The van der Waals surface area contributed by atoms with E-state index in [-0.39, 0.29) is 0 Å². The molecule has 18 heavy (non-hydrogen) atoms. The molecule has 0 unspecified atom stereocenters. The molecule has 1 aliphatic carbocycles. The molecule has 0 bridgehead atoms. The van der Waals surface area contributed by atoms with E-state index in [2.05, 4.69) is 18.7 Å². The summed E-state index contributed by atoms with van der Waals surface area (Å²) in [5.74, 6) is 2.60. The lowest BCUT2D eigenvalue weighted by Crippen LogP contribution is -2.47. The zero-order chi connectivity index (χ0) is 12.5. The molecule has 2 heterocycles. The van der Waals surface area contributed by atoms with Crippen LogP contribution in [0.4, 0.5) is 0 Å². The Morgan fingerprint density at radius 2 is 1.94 bits per heavy atom. The fourth-order valence-corrected chi connectivity index (χ4v) is 4.64. The number of fused-ring (bicyclic) bond motifs is 2. The maximum atomic E-state index is 6.27.